The molecular weight excluding hydrogens is 413 g/mol. The number of rotatable bonds is 11. The summed E-state index contributed by atoms with van der Waals surface area (Å²) in [4.78, 5) is 51.6. The Balaban J connectivity index is 2.85. The molecule has 0 fully saturated rings. The van der Waals surface area contributed by atoms with Crippen LogP contribution in [0.25, 0.3) is 0 Å². The van der Waals surface area contributed by atoms with Crippen LogP contribution in [-0.2, 0) is 25.4 Å². The second-order valence-electron chi connectivity index (χ2n) is 6.35. The molecule has 1 aromatic rings. The number of phosphoric acid groups is 1. The second kappa shape index (κ2) is 9.67. The zero-order chi connectivity index (χ0) is 22.4. The molecule has 0 radical (unpaired) electrons. The average molecular weight is 435 g/mol. The Morgan fingerprint density at radius 3 is 2.38 bits per heavy atom. The van der Waals surface area contributed by atoms with Gasteiger partial charge in [-0.05, 0) is 31.0 Å². The summed E-state index contributed by atoms with van der Waals surface area (Å²) in [7, 11) is -4.89. The molecule has 1 amide bonds. The van der Waals surface area contributed by atoms with Gasteiger partial charge in [-0.2, -0.15) is 0 Å². The van der Waals surface area contributed by atoms with Crippen molar-refractivity contribution < 1.29 is 48.6 Å². The van der Waals surface area contributed by atoms with Crippen LogP contribution >= 0.6 is 7.82 Å². The first kappa shape index (κ1) is 24.3. The van der Waals surface area contributed by atoms with Crippen molar-refractivity contribution in [2.75, 3.05) is 0 Å². The zero-order valence-corrected chi connectivity index (χ0v) is 16.1. The maximum Gasteiger partial charge on any atom is 0.524 e. The highest BCUT2D eigenvalue weighted by atomic mass is 31.2. The number of carbonyl (C=O) groups is 3. The number of aromatic hydroxyl groups is 1. The number of nitrogens with one attached hydrogen (secondary N) is 2. The first-order valence-corrected chi connectivity index (χ1v) is 9.61. The van der Waals surface area contributed by atoms with E-state index >= 15 is 0 Å². The van der Waals surface area contributed by atoms with Crippen LogP contribution in [0.2, 0.25) is 0 Å². The lowest BCUT2D eigenvalue weighted by atomic mass is 9.93. The Morgan fingerprint density at radius 1 is 1.28 bits per heavy atom. The smallest absolute Gasteiger partial charge is 0.504 e. The van der Waals surface area contributed by atoms with E-state index in [0.717, 1.165) is 12.1 Å². The average Bonchev–Trinajstić information content (AvgIpc) is 2.58. The van der Waals surface area contributed by atoms with Crippen LogP contribution in [0.1, 0.15) is 25.3 Å². The van der Waals surface area contributed by atoms with Gasteiger partial charge in [0.1, 0.15) is 5.54 Å². The highest BCUT2D eigenvalue weighted by molar-refractivity contribution is 7.46. The van der Waals surface area contributed by atoms with E-state index in [2.05, 4.69) is 15.4 Å². The van der Waals surface area contributed by atoms with E-state index in [4.69, 9.17) is 20.6 Å². The number of aliphatic carboxylic acids is 2. The summed E-state index contributed by atoms with van der Waals surface area (Å²) in [6, 6.07) is 2.19. The first-order chi connectivity index (χ1) is 13.2. The monoisotopic (exact) mass is 435 g/mol. The lowest BCUT2D eigenvalue weighted by molar-refractivity contribution is -0.145. The number of carbonyl (C=O) groups excluding carboxylic acids is 1. The van der Waals surface area contributed by atoms with Crippen LogP contribution < -0.4 is 21.1 Å². The highest BCUT2D eigenvalue weighted by Gasteiger charge is 2.34. The summed E-state index contributed by atoms with van der Waals surface area (Å²) >= 11 is 0. The number of carboxylic acid groups (broad SMARTS) is 2. The Kier molecular flexibility index (Phi) is 8.12. The summed E-state index contributed by atoms with van der Waals surface area (Å²) < 4.78 is 15.1. The summed E-state index contributed by atoms with van der Waals surface area (Å²) in [5, 5.41) is 27.9. The molecule has 0 saturated carbocycles. The highest BCUT2D eigenvalue weighted by Crippen LogP contribution is 2.41. The summed E-state index contributed by atoms with van der Waals surface area (Å²) in [5.74, 6) is -4.44. The molecule has 0 aliphatic rings. The maximum absolute atomic E-state index is 11.9. The Labute approximate surface area is 164 Å². The molecule has 0 aliphatic heterocycles. The van der Waals surface area contributed by atoms with Crippen LogP contribution in [0.3, 0.4) is 0 Å². The number of amides is 1. The largest absolute Gasteiger partial charge is 0.524 e. The van der Waals surface area contributed by atoms with Gasteiger partial charge in [0, 0.05) is 12.8 Å². The molecule has 162 valence electrons. The van der Waals surface area contributed by atoms with E-state index in [9.17, 15) is 29.2 Å². The van der Waals surface area contributed by atoms with Gasteiger partial charge in [-0.3, -0.25) is 29.6 Å². The third-order valence-electron chi connectivity index (χ3n) is 3.74. The minimum absolute atomic E-state index is 0.151. The van der Waals surface area contributed by atoms with E-state index < -0.39 is 48.7 Å². The summed E-state index contributed by atoms with van der Waals surface area (Å²) in [6.07, 6.45) is -0.759. The van der Waals surface area contributed by atoms with Gasteiger partial charge in [0.2, 0.25) is 0 Å². The Bertz CT molecular complexity index is 827. The fraction of sp³-hybridized carbons (Fsp3) is 0.400. The van der Waals surface area contributed by atoms with E-state index in [0.29, 0.717) is 0 Å². The van der Waals surface area contributed by atoms with Crippen LogP contribution in [0.4, 0.5) is 0 Å². The fourth-order valence-corrected chi connectivity index (χ4v) is 2.57. The van der Waals surface area contributed by atoms with Gasteiger partial charge >= 0.3 is 19.8 Å². The van der Waals surface area contributed by atoms with Crippen molar-refractivity contribution in [3.8, 4) is 11.5 Å². The minimum atomic E-state index is -4.89. The zero-order valence-electron chi connectivity index (χ0n) is 15.2. The molecule has 14 heteroatoms. The van der Waals surface area contributed by atoms with Gasteiger partial charge in [0.25, 0.3) is 5.91 Å². The van der Waals surface area contributed by atoms with E-state index in [1.807, 2.05) is 0 Å². The number of hydrogen-bond acceptors (Lipinski definition) is 8. The Morgan fingerprint density at radius 2 is 1.90 bits per heavy atom. The fourth-order valence-electron chi connectivity index (χ4n) is 2.16. The molecule has 13 nitrogen and oxygen atoms in total. The van der Waals surface area contributed by atoms with Crippen molar-refractivity contribution in [1.29, 1.82) is 0 Å². The quantitative estimate of drug-likeness (QED) is 0.156. The third kappa shape index (κ3) is 8.05. The van der Waals surface area contributed by atoms with Crippen LogP contribution in [-0.4, -0.2) is 54.5 Å². The van der Waals surface area contributed by atoms with Crippen molar-refractivity contribution >= 4 is 25.7 Å². The van der Waals surface area contributed by atoms with Crippen molar-refractivity contribution in [2.24, 2.45) is 5.73 Å². The normalized spacial score (nSPS) is 14.5. The van der Waals surface area contributed by atoms with Gasteiger partial charge < -0.3 is 25.6 Å². The van der Waals surface area contributed by atoms with E-state index in [1.54, 1.807) is 0 Å². The molecule has 0 heterocycles. The second-order valence-corrected chi connectivity index (χ2v) is 7.51. The molecular formula is C15H22N3O10P. The molecule has 0 aliphatic carbocycles. The molecule has 29 heavy (non-hydrogen) atoms. The number of benzene rings is 1. The molecule has 0 spiro atoms. The van der Waals surface area contributed by atoms with E-state index in [-0.39, 0.29) is 24.8 Å². The molecule has 0 bridgehead atoms. The van der Waals surface area contributed by atoms with Gasteiger partial charge in [0.15, 0.2) is 11.5 Å². The first-order valence-electron chi connectivity index (χ1n) is 8.08. The number of hydrazine groups is 1. The molecule has 9 N–H and O–H groups in total. The van der Waals surface area contributed by atoms with Gasteiger partial charge in [0.05, 0.1) is 6.04 Å². The Hall–Kier alpha value is -2.70. The number of phenolic OH excluding ortho intramolecular Hbond substituents is 1. The van der Waals surface area contributed by atoms with Crippen LogP contribution in [0.5, 0.6) is 11.5 Å². The maximum atomic E-state index is 11.9. The van der Waals surface area contributed by atoms with Crippen molar-refractivity contribution in [1.82, 2.24) is 10.9 Å². The molecule has 1 rings (SSSR count). The number of nitrogens with two attached hydrogens (primary N) is 1. The molecule has 2 atom stereocenters. The van der Waals surface area contributed by atoms with Crippen LogP contribution in [0.15, 0.2) is 18.2 Å². The van der Waals surface area contributed by atoms with Gasteiger partial charge in [-0.25, -0.2) is 9.99 Å². The SMILES string of the molecule is CC(Cc1ccc(OP(=O)(O)O)c(O)c1)(NNC(=O)[C@@H](N)CCC(=O)O)C(=O)O. The minimum Gasteiger partial charge on any atom is -0.504 e. The summed E-state index contributed by atoms with van der Waals surface area (Å²) in [5.41, 5.74) is 8.46. The van der Waals surface area contributed by atoms with Crippen molar-refractivity contribution in [3.05, 3.63) is 23.8 Å². The topological polar surface area (TPSA) is 229 Å². The molecule has 1 unspecified atom stereocenters. The summed E-state index contributed by atoms with van der Waals surface area (Å²) in [6.45, 7) is 1.23. The van der Waals surface area contributed by atoms with E-state index in [1.165, 1.54) is 13.0 Å². The molecule has 0 saturated heterocycles. The third-order valence-corrected chi connectivity index (χ3v) is 4.17. The molecule has 0 aromatic heterocycles. The predicted molar refractivity (Wildman–Crippen MR) is 96.6 cm³/mol. The number of phosphoric ester groups is 1. The van der Waals surface area contributed by atoms with Gasteiger partial charge in [-0.1, -0.05) is 6.07 Å². The van der Waals surface area contributed by atoms with Gasteiger partial charge in [-0.15, -0.1) is 0 Å². The lowest BCUT2D eigenvalue weighted by Crippen LogP contribution is -2.60. The number of carboxylic acids is 2. The van der Waals surface area contributed by atoms with Crippen LogP contribution in [0, 0.1) is 0 Å². The standard InChI is InChI=1S/C15H22N3O10P/c1-15(14(23)24,18-17-13(22)9(16)3-5-12(20)21)7-8-2-4-11(10(19)6-8)28-29(25,26)27/h2,4,6,9,18-19H,3,5,7,16H2,1H3,(H,17,22)(H,20,21)(H,23,24)(H2,25,26,27)/t9-,15?/m0/s1. The number of hydrogen-bond donors (Lipinski definition) is 8. The number of phenols is 1. The van der Waals surface area contributed by atoms with Crippen molar-refractivity contribution in [3.63, 3.8) is 0 Å². The van der Waals surface area contributed by atoms with Crippen molar-refractivity contribution in [2.45, 2.75) is 37.8 Å². The lowest BCUT2D eigenvalue weighted by Gasteiger charge is -2.27. The molecule has 1 aromatic carbocycles. The predicted octanol–water partition coefficient (Wildman–Crippen LogP) is -0.938.